The average Bonchev–Trinajstić information content (AvgIpc) is 0.678. The summed E-state index contributed by atoms with van der Waals surface area (Å²) in [4.78, 5) is 0. The van der Waals surface area contributed by atoms with Crippen molar-refractivity contribution in [1.29, 1.82) is 0 Å². The molecule has 1 unspecified atom stereocenters. The standard InChI is InChI=1S/HIS111/c1-77(4,5)79(8,9)81(12,13)83(16,17)85(20,21)87(24,25)89(28,29)91(32,33)93(36,37)95(40,41)97(44,45)99(48,49)101(52,53)103(56,57)105(60,61)107(64,65)109(68,69)111(72,73)112(74,75)110(70,71)108(66,67)106(62,63)104(58,59)102(54,55)100(50,51)98(46,47)96(42,43)94(38,39)92(34,35)90(30,31)88(26,27)86(22,23)84(18,19)82(14,15)80(10,11)78(6,7)76(2)3/h(H,2,3). The van der Waals surface area contributed by atoms with Crippen LogP contribution in [-0.2, 0) is 1010 Å². The topological polar surface area (TPSA) is 0 Å². The molecule has 0 aromatic rings. The van der Waals surface area contributed by atoms with Crippen LogP contribution in [0.4, 0.5) is 0 Å². The second-order valence-corrected chi connectivity index (χ2v) is 409. The number of hydrogen-bond donors (Lipinski definition) is 1. The van der Waals surface area contributed by atoms with Crippen LogP contribution in [0.25, 0.3) is 0 Å². The van der Waals surface area contributed by atoms with E-state index in [9.17, 15) is 0 Å². The highest BCUT2D eigenvalue weighted by Crippen LogP contribution is 2.48. The van der Waals surface area contributed by atoms with E-state index in [-0.39, 0.29) is 0 Å². The highest BCUT2D eigenvalue weighted by molar-refractivity contribution is 14.2. The SMILES string of the molecule is S=S(S)S(=S)(=S)S(=S)(=S)S(=S)(=S)S(=S)(=S)S(=S)(=S)S(=S)(=S)S(=S)(=S)S(=S)(=S)S(=S)(=S)S(=S)(=S)S(=S)(=S)S(=S)(=S)S(=S)(=S)S(=S)(=S)S(=S)(=S)S(=S)(=S)S(=S)(=S)S(=S)(=S)S(=S)(=S)S(=S)(=S)S(=S)(=S)S(=S)(=S)S(=S)(=S)S(=S)(=S)S(=S)(=S)S(=S)(=S)S(=S)(=S)S(=S)(=S)S(=S)(=S)S(=S)(=S)S(=S)(=S)S(=S)(=S)S(=S)(=S)S(=S)(=S)S(=S)(=S)S(=S)(=S)I. The van der Waals surface area contributed by atoms with Crippen molar-refractivity contribution in [2.24, 2.45) is 0 Å². The summed E-state index contributed by atoms with van der Waals surface area (Å²) in [6, 6.07) is 0. The smallest absolute Gasteiger partial charge is 0.0451 e. The van der Waals surface area contributed by atoms with Crippen LogP contribution >= 0.6 is 32.9 Å². The maximum atomic E-state index is 6.26. The van der Waals surface area contributed by atoms with Crippen LogP contribution in [0.15, 0.2) is 0 Å². The highest BCUT2D eigenvalue weighted by atomic mass is 127. The lowest BCUT2D eigenvalue weighted by atomic mass is 29.7. The molecule has 0 saturated heterocycles. The van der Waals surface area contributed by atoms with Gasteiger partial charge in [-0.25, -0.2) is 0 Å². The van der Waals surface area contributed by atoms with Gasteiger partial charge < -0.3 is 0 Å². The summed E-state index contributed by atoms with van der Waals surface area (Å²) in [5.41, 5.74) is 0. The Morgan fingerprint density at radius 3 is 0.223 bits per heavy atom. The van der Waals surface area contributed by atoms with Crippen LogP contribution < -0.4 is 0 Å². The minimum Gasteiger partial charge on any atom is -0.0948 e. The zero-order chi connectivity index (χ0) is 93.6. The summed E-state index contributed by atoms with van der Waals surface area (Å²) < 4.78 is -2.79. The number of hydrogen-bond acceptors (Lipinski definition) is 73. The van der Waals surface area contributed by atoms with Crippen LogP contribution in [0.1, 0.15) is 0 Å². The molecule has 0 amide bonds. The lowest BCUT2D eigenvalue weighted by Gasteiger charge is -2.37. The van der Waals surface area contributed by atoms with Crippen LogP contribution in [0.5, 0.6) is 0 Å². The Bertz CT molecular complexity index is 8890. The quantitative estimate of drug-likeness (QED) is 0.0411. The first-order valence-electron chi connectivity index (χ1n) is 18.5. The fourth-order valence-corrected chi connectivity index (χ4v) is 869. The van der Waals surface area contributed by atoms with E-state index in [2.05, 4.69) is 11.7 Å². The molecule has 0 rings (SSSR count). The Labute approximate surface area is 1010 Å². The molecule has 0 nitrogen and oxygen atoms in total. The van der Waals surface area contributed by atoms with Crippen LogP contribution in [-0.4, -0.2) is 0 Å². The molecule has 0 fully saturated rings. The zero-order valence-electron chi connectivity index (χ0n) is 45.7. The molecule has 0 heterocycles. The second kappa shape index (κ2) is 44.6. The maximum Gasteiger partial charge on any atom is 0.0451 e. The van der Waals surface area contributed by atoms with Crippen molar-refractivity contribution in [2.75, 3.05) is 0 Å². The predicted molar refractivity (Wildman–Crippen MR) is 833 cm³/mol. The minimum absolute atomic E-state index is 1.50. The molecular formula is HIS111. The molecule has 674 valence electrons. The van der Waals surface area contributed by atoms with Crippen LogP contribution in [0.2, 0.25) is 0 Å². The van der Waals surface area contributed by atoms with Crippen molar-refractivity contribution in [3.05, 3.63) is 0 Å². The Kier molecular flexibility index (Phi) is 56.6. The molecule has 0 spiro atoms. The molecule has 0 aliphatic heterocycles. The Hall–Kier alpha value is 30.1. The third kappa shape index (κ3) is 22.0. The molecule has 0 aliphatic rings. The van der Waals surface area contributed by atoms with E-state index in [4.69, 9.17) is 817 Å². The van der Waals surface area contributed by atoms with Gasteiger partial charge >= 0.3 is 0 Å². The van der Waals surface area contributed by atoms with Crippen molar-refractivity contribution in [3.8, 4) is 0 Å². The lowest BCUT2D eigenvalue weighted by Crippen LogP contribution is -2.41. The van der Waals surface area contributed by atoms with Gasteiger partial charge in [0.2, 0.25) is 0 Å². The third-order valence-electron chi connectivity index (χ3n) is 8.92. The van der Waals surface area contributed by atoms with Gasteiger partial charge in [-0.05, 0) is 817 Å². The first-order valence-corrected chi connectivity index (χ1v) is 168. The van der Waals surface area contributed by atoms with Gasteiger partial charge in [0.1, 0.15) is 0 Å². The average molecular weight is 3690 g/mol. The van der Waals surface area contributed by atoms with Gasteiger partial charge in [-0.1, -0.05) is 11.7 Å². The molecule has 0 radical (unpaired) electrons. The highest BCUT2D eigenvalue weighted by Gasteiger charge is 2.51. The van der Waals surface area contributed by atoms with Gasteiger partial charge in [-0.15, -0.1) is 0 Å². The summed E-state index contributed by atoms with van der Waals surface area (Å²) in [5.74, 6) is 0. The molecule has 0 aromatic heterocycles. The van der Waals surface area contributed by atoms with E-state index in [1.807, 2.05) is 0 Å². The fraction of sp³-hybridized carbons (Fsp3) is 0. The summed E-state index contributed by atoms with van der Waals surface area (Å²) in [6.07, 6.45) is 0. The molecule has 112 heteroatoms. The largest absolute Gasteiger partial charge is 0.0948 e. The normalized spacial score (nSPS) is 17.3. The Morgan fingerprint density at radius 2 is 0.170 bits per heavy atom. The van der Waals surface area contributed by atoms with E-state index in [0.29, 0.717) is 0 Å². The van der Waals surface area contributed by atoms with Gasteiger partial charge in [0.15, 0.2) is 0 Å². The van der Waals surface area contributed by atoms with Gasteiger partial charge in [0, 0.05) is 214 Å². The number of rotatable bonds is 36. The first kappa shape index (κ1) is 142. The van der Waals surface area contributed by atoms with Crippen molar-refractivity contribution in [2.45, 2.75) is 0 Å². The predicted octanol–water partition coefficient (Wildman–Crippen LogP) is 1.00. The van der Waals surface area contributed by atoms with Gasteiger partial charge in [-0.2, -0.15) is 0 Å². The molecule has 0 aromatic carbocycles. The molecule has 0 saturated carbocycles. The van der Waals surface area contributed by atoms with E-state index in [1.165, 1.54) is 0 Å². The monoisotopic (exact) mass is 3680 g/mol. The zero-order valence-corrected chi connectivity index (χ0v) is 139. The van der Waals surface area contributed by atoms with Gasteiger partial charge in [-0.3, -0.25) is 0 Å². The fourth-order valence-electron chi connectivity index (χ4n) is 3.54. The summed E-state index contributed by atoms with van der Waals surface area (Å²) in [5, 5.41) is -141. The molecule has 0 aliphatic carbocycles. The van der Waals surface area contributed by atoms with E-state index in [0.717, 1.165) is 0 Å². The van der Waals surface area contributed by atoms with Crippen molar-refractivity contribution < 1.29 is 0 Å². The van der Waals surface area contributed by atoms with Crippen molar-refractivity contribution >= 4 is 1040 Å². The van der Waals surface area contributed by atoms with Crippen molar-refractivity contribution in [1.82, 2.24) is 0 Å². The van der Waals surface area contributed by atoms with Crippen LogP contribution in [0, 0.1) is 0 Å². The number of halogens is 1. The Morgan fingerprint density at radius 1 is 0.116 bits per heavy atom. The summed E-state index contributed by atoms with van der Waals surface area (Å²) in [6.45, 7) is 0. The lowest BCUT2D eigenvalue weighted by molar-refractivity contribution is 4.96. The third-order valence-corrected chi connectivity index (χ3v) is 730. The minimum atomic E-state index is -4.27. The van der Waals surface area contributed by atoms with Gasteiger partial charge in [0.25, 0.3) is 0 Å². The Balaban J connectivity index is 8.90. The number of thiol groups is 1. The van der Waals surface area contributed by atoms with Crippen molar-refractivity contribution in [3.63, 3.8) is 0 Å². The molecule has 1 atom stereocenters. The van der Waals surface area contributed by atoms with E-state index in [1.54, 1.807) is 21.2 Å². The molecular weight excluding hydrogens is 3690 g/mol. The summed E-state index contributed by atoms with van der Waals surface area (Å²) >= 11 is 452. The molecule has 0 bridgehead atoms. The van der Waals surface area contributed by atoms with E-state index < -0.39 is 193 Å². The van der Waals surface area contributed by atoms with Gasteiger partial charge in [0.05, 0.1) is 0 Å². The first-order chi connectivity index (χ1) is 46.7. The van der Waals surface area contributed by atoms with Crippen LogP contribution in [0.3, 0.4) is 0 Å². The second-order valence-electron chi connectivity index (χ2n) is 14.9. The maximum absolute atomic E-state index is 6.26. The molecule has 112 heavy (non-hydrogen) atoms. The van der Waals surface area contributed by atoms with E-state index >= 15 is 0 Å². The molecule has 0 N–H and O–H groups in total. The summed E-state index contributed by atoms with van der Waals surface area (Å²) in [7, 11) is -1.50.